The minimum absolute atomic E-state index is 0.105. The first-order valence-corrected chi connectivity index (χ1v) is 7.04. The lowest BCUT2D eigenvalue weighted by atomic mass is 9.95. The number of likely N-dealkylation sites (tertiary alicyclic amines) is 1. The first kappa shape index (κ1) is 18.1. The van der Waals surface area contributed by atoms with Crippen LogP contribution in [0.4, 0.5) is 26.3 Å². The van der Waals surface area contributed by atoms with E-state index in [0.717, 1.165) is 0 Å². The van der Waals surface area contributed by atoms with Crippen molar-refractivity contribution in [2.75, 3.05) is 19.6 Å². The lowest BCUT2D eigenvalue weighted by Crippen LogP contribution is -2.53. The molecule has 1 fully saturated rings. The van der Waals surface area contributed by atoms with Crippen LogP contribution >= 0.6 is 0 Å². The van der Waals surface area contributed by atoms with Crippen LogP contribution in [0.3, 0.4) is 0 Å². The van der Waals surface area contributed by atoms with Gasteiger partial charge in [-0.2, -0.15) is 26.3 Å². The summed E-state index contributed by atoms with van der Waals surface area (Å²) in [4.78, 5) is 7.29. The largest absolute Gasteiger partial charge is 0.432 e. The maximum Gasteiger partial charge on any atom is 0.432 e. The van der Waals surface area contributed by atoms with Crippen LogP contribution in [0.15, 0.2) is 6.20 Å². The fraction of sp³-hybridized carbons (Fsp3) is 0.769. The van der Waals surface area contributed by atoms with E-state index in [1.165, 1.54) is 4.90 Å². The number of imidazole rings is 1. The average molecular weight is 345 g/mol. The summed E-state index contributed by atoms with van der Waals surface area (Å²) in [5, 5.41) is 9.53. The summed E-state index contributed by atoms with van der Waals surface area (Å²) in [6.07, 6.45) is -7.59. The highest BCUT2D eigenvalue weighted by atomic mass is 19.4. The van der Waals surface area contributed by atoms with Crippen molar-refractivity contribution in [2.24, 2.45) is 0 Å². The van der Waals surface area contributed by atoms with Crippen molar-refractivity contribution in [2.45, 2.75) is 43.6 Å². The topological polar surface area (TPSA) is 52.1 Å². The molecule has 2 rings (SSSR count). The SMILES string of the molecule is C[C@](O)(CN1CCC[C@H](c2ncc(C(F)(F)F)[nH]2)C1)C(F)(F)F. The molecule has 132 valence electrons. The smallest absolute Gasteiger partial charge is 0.380 e. The summed E-state index contributed by atoms with van der Waals surface area (Å²) in [7, 11) is 0. The molecule has 0 saturated carbocycles. The van der Waals surface area contributed by atoms with Crippen LogP contribution in [0.2, 0.25) is 0 Å². The van der Waals surface area contributed by atoms with E-state index in [4.69, 9.17) is 0 Å². The molecule has 0 radical (unpaired) electrons. The Labute approximate surface area is 128 Å². The second-order valence-electron chi connectivity index (χ2n) is 6.03. The number of aliphatic hydroxyl groups is 1. The molecule has 4 nitrogen and oxygen atoms in total. The lowest BCUT2D eigenvalue weighted by Gasteiger charge is -2.37. The van der Waals surface area contributed by atoms with E-state index in [9.17, 15) is 31.4 Å². The van der Waals surface area contributed by atoms with E-state index in [2.05, 4.69) is 9.97 Å². The maximum absolute atomic E-state index is 12.7. The molecule has 1 aliphatic rings. The number of piperidine rings is 1. The Kier molecular flexibility index (Phi) is 4.69. The molecule has 0 spiro atoms. The molecule has 1 aromatic rings. The van der Waals surface area contributed by atoms with Gasteiger partial charge in [0.15, 0.2) is 5.60 Å². The second kappa shape index (κ2) is 5.97. The van der Waals surface area contributed by atoms with Gasteiger partial charge in [-0.3, -0.25) is 4.90 Å². The van der Waals surface area contributed by atoms with Crippen molar-refractivity contribution in [3.8, 4) is 0 Å². The minimum atomic E-state index is -4.77. The number of H-pyrrole nitrogens is 1. The van der Waals surface area contributed by atoms with Crippen molar-refractivity contribution in [3.05, 3.63) is 17.7 Å². The molecule has 2 N–H and O–H groups in total. The Morgan fingerprint density at radius 2 is 1.96 bits per heavy atom. The normalized spacial score (nSPS) is 23.7. The first-order chi connectivity index (χ1) is 10.4. The molecule has 1 aliphatic heterocycles. The first-order valence-electron chi connectivity index (χ1n) is 7.04. The van der Waals surface area contributed by atoms with Gasteiger partial charge in [-0.1, -0.05) is 0 Å². The van der Waals surface area contributed by atoms with Crippen LogP contribution in [0.5, 0.6) is 0 Å². The maximum atomic E-state index is 12.7. The second-order valence-corrected chi connectivity index (χ2v) is 6.03. The highest BCUT2D eigenvalue weighted by Gasteiger charge is 2.51. The van der Waals surface area contributed by atoms with Crippen molar-refractivity contribution in [3.63, 3.8) is 0 Å². The Balaban J connectivity index is 2.05. The van der Waals surface area contributed by atoms with Gasteiger partial charge in [0.25, 0.3) is 0 Å². The van der Waals surface area contributed by atoms with Gasteiger partial charge in [-0.05, 0) is 26.3 Å². The van der Waals surface area contributed by atoms with Gasteiger partial charge in [-0.25, -0.2) is 4.98 Å². The highest BCUT2D eigenvalue weighted by molar-refractivity contribution is 5.10. The molecular formula is C13H17F6N3O. The molecule has 0 amide bonds. The Morgan fingerprint density at radius 3 is 2.48 bits per heavy atom. The highest BCUT2D eigenvalue weighted by Crippen LogP contribution is 2.34. The zero-order chi connectivity index (χ0) is 17.5. The van der Waals surface area contributed by atoms with Crippen molar-refractivity contribution >= 4 is 0 Å². The standard InChI is InChI=1S/C13H17F6N3O/c1-11(23,13(17,18)19)7-22-4-2-3-8(6-22)10-20-5-9(21-10)12(14,15)16/h5,8,23H,2-4,6-7H2,1H3,(H,20,21)/t8-,11-/m0/s1. The third kappa shape index (κ3) is 4.17. The third-order valence-electron chi connectivity index (χ3n) is 3.94. The van der Waals surface area contributed by atoms with Crippen LogP contribution in [-0.2, 0) is 6.18 Å². The zero-order valence-corrected chi connectivity index (χ0v) is 12.3. The van der Waals surface area contributed by atoms with Crippen LogP contribution in [0, 0.1) is 0 Å². The molecule has 0 unspecified atom stereocenters. The molecule has 23 heavy (non-hydrogen) atoms. The molecule has 2 atom stereocenters. The van der Waals surface area contributed by atoms with Crippen LogP contribution < -0.4 is 0 Å². The number of aromatic nitrogens is 2. The van der Waals surface area contributed by atoms with Gasteiger partial charge in [0, 0.05) is 19.0 Å². The van der Waals surface area contributed by atoms with Gasteiger partial charge < -0.3 is 10.1 Å². The number of aromatic amines is 1. The van der Waals surface area contributed by atoms with Crippen molar-refractivity contribution in [1.29, 1.82) is 0 Å². The van der Waals surface area contributed by atoms with Gasteiger partial charge in [0.05, 0.1) is 6.20 Å². The average Bonchev–Trinajstić information content (AvgIpc) is 2.86. The number of nitrogens with one attached hydrogen (secondary N) is 1. The Hall–Kier alpha value is -1.29. The summed E-state index contributed by atoms with van der Waals surface area (Å²) in [6.45, 7) is 0.512. The number of alkyl halides is 6. The van der Waals surface area contributed by atoms with Crippen LogP contribution in [-0.4, -0.2) is 51.4 Å². The van der Waals surface area contributed by atoms with E-state index < -0.39 is 36.1 Å². The number of hydrogen-bond donors (Lipinski definition) is 2. The van der Waals surface area contributed by atoms with E-state index in [1.54, 1.807) is 0 Å². The third-order valence-corrected chi connectivity index (χ3v) is 3.94. The Morgan fingerprint density at radius 1 is 1.30 bits per heavy atom. The predicted octanol–water partition coefficient (Wildman–Crippen LogP) is 2.92. The fourth-order valence-corrected chi connectivity index (χ4v) is 2.64. The van der Waals surface area contributed by atoms with Gasteiger partial charge in [0.1, 0.15) is 11.5 Å². The quantitative estimate of drug-likeness (QED) is 0.829. The van der Waals surface area contributed by atoms with Crippen LogP contribution in [0.25, 0.3) is 0 Å². The number of nitrogens with zero attached hydrogens (tertiary/aromatic N) is 2. The predicted molar refractivity (Wildman–Crippen MR) is 68.7 cm³/mol. The molecule has 0 aliphatic carbocycles. The molecule has 10 heteroatoms. The molecule has 0 aromatic carbocycles. The summed E-state index contributed by atoms with van der Waals surface area (Å²) in [5.41, 5.74) is -3.85. The zero-order valence-electron chi connectivity index (χ0n) is 12.3. The monoisotopic (exact) mass is 345 g/mol. The molecule has 1 saturated heterocycles. The number of halogens is 6. The van der Waals surface area contributed by atoms with E-state index >= 15 is 0 Å². The molecule has 0 bridgehead atoms. The van der Waals surface area contributed by atoms with Crippen molar-refractivity contribution < 1.29 is 31.4 Å². The summed E-state index contributed by atoms with van der Waals surface area (Å²) in [5.74, 6) is -0.322. The van der Waals surface area contributed by atoms with Gasteiger partial charge >= 0.3 is 12.4 Å². The summed E-state index contributed by atoms with van der Waals surface area (Å²) >= 11 is 0. The van der Waals surface area contributed by atoms with E-state index in [0.29, 0.717) is 32.5 Å². The molecule has 2 heterocycles. The molecular weight excluding hydrogens is 328 g/mol. The lowest BCUT2D eigenvalue weighted by molar-refractivity contribution is -0.258. The van der Waals surface area contributed by atoms with Crippen LogP contribution in [0.1, 0.15) is 37.2 Å². The summed E-state index contributed by atoms with van der Waals surface area (Å²) in [6, 6.07) is 0. The number of rotatable bonds is 3. The van der Waals surface area contributed by atoms with Gasteiger partial charge in [0.2, 0.25) is 0 Å². The van der Waals surface area contributed by atoms with E-state index in [-0.39, 0.29) is 12.4 Å². The van der Waals surface area contributed by atoms with Crippen molar-refractivity contribution in [1.82, 2.24) is 14.9 Å². The fourth-order valence-electron chi connectivity index (χ4n) is 2.64. The van der Waals surface area contributed by atoms with E-state index in [1.807, 2.05) is 0 Å². The number of β-amino-alcohol motifs (C(OH)–C–C–N with tert-alkyl or cyclic N) is 1. The van der Waals surface area contributed by atoms with Gasteiger partial charge in [-0.15, -0.1) is 0 Å². The minimum Gasteiger partial charge on any atom is -0.380 e. The number of hydrogen-bond acceptors (Lipinski definition) is 3. The summed E-state index contributed by atoms with van der Waals surface area (Å²) < 4.78 is 75.8. The Bertz CT molecular complexity index is 537. The molecule has 1 aromatic heterocycles.